The molecule has 0 saturated carbocycles. The summed E-state index contributed by atoms with van der Waals surface area (Å²) in [6.07, 6.45) is 1.56. The standard InChI is InChI=1S/2C10H9NO.C4H6O.Al/c2*1-7-5-6-8-3-2-4-9(12)10(8)11-7;1-3-4(2)5;/h2*2-6,12H,1H3;3,5H,1-2H2;/q;;;+2/p-2. The Hall–Kier alpha value is -3.33. The Labute approximate surface area is 182 Å². The quantitative estimate of drug-likeness (QED) is 0.269. The Balaban J connectivity index is 0.000000184. The highest BCUT2D eigenvalue weighted by Gasteiger charge is 2.09. The van der Waals surface area contributed by atoms with Gasteiger partial charge >= 0.3 is 15.9 Å². The molecule has 149 valence electrons. The van der Waals surface area contributed by atoms with E-state index in [-0.39, 0.29) is 5.75 Å². The number of aryl methyl sites for hydroxylation is 2. The molecule has 30 heavy (non-hydrogen) atoms. The predicted octanol–water partition coefficient (Wildman–Crippen LogP) is 5.42. The molecule has 5 nitrogen and oxygen atoms in total. The average Bonchev–Trinajstić information content (AvgIpc) is 2.75. The van der Waals surface area contributed by atoms with Crippen molar-refractivity contribution >= 4 is 37.7 Å². The number of phenolic OH excluding ortho intramolecular Hbond substituents is 1. The van der Waals surface area contributed by atoms with Crippen molar-refractivity contribution < 1.29 is 12.7 Å². The highest BCUT2D eigenvalue weighted by atomic mass is 27.2. The molecule has 0 fully saturated rings. The summed E-state index contributed by atoms with van der Waals surface area (Å²) in [6.45, 7) is 11.1. The van der Waals surface area contributed by atoms with Gasteiger partial charge in [0, 0.05) is 22.2 Å². The normalized spacial score (nSPS) is 10.1. The molecule has 2 heterocycles. The number of aromatic hydroxyl groups is 1. The summed E-state index contributed by atoms with van der Waals surface area (Å²) < 4.78 is 10.9. The van der Waals surface area contributed by atoms with Gasteiger partial charge in [-0.3, -0.25) is 0 Å². The van der Waals surface area contributed by atoms with Gasteiger partial charge < -0.3 is 12.7 Å². The molecule has 0 bridgehead atoms. The van der Waals surface area contributed by atoms with Crippen LogP contribution < -0.4 is 3.79 Å². The van der Waals surface area contributed by atoms with E-state index in [1.54, 1.807) is 12.1 Å². The molecule has 0 amide bonds. The number of hydrogen-bond donors (Lipinski definition) is 1. The fourth-order valence-electron chi connectivity index (χ4n) is 2.73. The molecule has 0 atom stereocenters. The fourth-order valence-corrected chi connectivity index (χ4v) is 3.29. The summed E-state index contributed by atoms with van der Waals surface area (Å²) in [4.78, 5) is 8.71. The van der Waals surface area contributed by atoms with Crippen LogP contribution in [-0.2, 0) is 3.79 Å². The lowest BCUT2D eigenvalue weighted by Crippen LogP contribution is -2.07. The molecular formula is C24H22AlN2O3. The summed E-state index contributed by atoms with van der Waals surface area (Å²) in [5.41, 5.74) is 3.42. The highest BCUT2D eigenvalue weighted by molar-refractivity contribution is 6.20. The van der Waals surface area contributed by atoms with Crippen LogP contribution in [0.25, 0.3) is 21.8 Å². The third-order valence-corrected chi connectivity index (χ3v) is 5.01. The van der Waals surface area contributed by atoms with Crippen molar-refractivity contribution in [3.8, 4) is 11.5 Å². The van der Waals surface area contributed by atoms with Crippen LogP contribution in [0.3, 0.4) is 0 Å². The van der Waals surface area contributed by atoms with Gasteiger partial charge in [-0.2, -0.15) is 0 Å². The predicted molar refractivity (Wildman–Crippen MR) is 121 cm³/mol. The lowest BCUT2D eigenvalue weighted by atomic mass is 10.2. The van der Waals surface area contributed by atoms with Gasteiger partial charge in [0.25, 0.3) is 0 Å². The van der Waals surface area contributed by atoms with Crippen molar-refractivity contribution in [2.45, 2.75) is 13.8 Å². The molecule has 2 aromatic carbocycles. The van der Waals surface area contributed by atoms with E-state index in [0.29, 0.717) is 11.3 Å². The Morgan fingerprint density at radius 1 is 0.900 bits per heavy atom. The summed E-state index contributed by atoms with van der Waals surface area (Å²) in [7, 11) is 0. The van der Waals surface area contributed by atoms with Gasteiger partial charge in [0.15, 0.2) is 0 Å². The molecule has 0 aliphatic rings. The third kappa shape index (κ3) is 5.38. The molecule has 6 heteroatoms. The third-order valence-electron chi connectivity index (χ3n) is 4.26. The molecule has 0 saturated heterocycles. The SMILES string of the molecule is C=CC(=C)[O][Al][O]c1cccc2ccc(C)nc12.Cc1ccc2cccc(O)c2n1. The van der Waals surface area contributed by atoms with E-state index in [1.807, 2.05) is 68.4 Å². The van der Waals surface area contributed by atoms with Crippen LogP contribution >= 0.6 is 0 Å². The number of nitrogens with zero attached hydrogens (tertiary/aromatic N) is 2. The number of allylic oxidation sites excluding steroid dienone is 1. The van der Waals surface area contributed by atoms with E-state index in [4.69, 9.17) is 7.58 Å². The van der Waals surface area contributed by atoms with Crippen molar-refractivity contribution in [2.24, 2.45) is 0 Å². The first-order valence-electron chi connectivity index (χ1n) is 9.36. The maximum atomic E-state index is 9.43. The minimum absolute atomic E-state index is 0.246. The van der Waals surface area contributed by atoms with Gasteiger partial charge in [0.05, 0.1) is 5.76 Å². The van der Waals surface area contributed by atoms with Crippen molar-refractivity contribution in [1.29, 1.82) is 0 Å². The van der Waals surface area contributed by atoms with Gasteiger partial charge in [0.1, 0.15) is 22.5 Å². The number of rotatable bonds is 5. The second-order valence-corrected chi connectivity index (χ2v) is 7.25. The zero-order valence-corrected chi connectivity index (χ0v) is 18.2. The lowest BCUT2D eigenvalue weighted by Gasteiger charge is -2.10. The van der Waals surface area contributed by atoms with Gasteiger partial charge in [-0.1, -0.05) is 49.6 Å². The van der Waals surface area contributed by atoms with Crippen LogP contribution in [0.1, 0.15) is 11.4 Å². The Bertz CT molecular complexity index is 1210. The van der Waals surface area contributed by atoms with Crippen molar-refractivity contribution in [2.75, 3.05) is 0 Å². The van der Waals surface area contributed by atoms with E-state index < -0.39 is 15.9 Å². The molecular weight excluding hydrogens is 391 g/mol. The van der Waals surface area contributed by atoms with Crippen LogP contribution in [0.15, 0.2) is 85.7 Å². The first-order valence-corrected chi connectivity index (χ1v) is 10.3. The topological polar surface area (TPSA) is 64.5 Å². The van der Waals surface area contributed by atoms with E-state index in [9.17, 15) is 5.11 Å². The van der Waals surface area contributed by atoms with Gasteiger partial charge in [-0.15, -0.1) is 0 Å². The molecule has 1 radical (unpaired) electrons. The molecule has 0 aliphatic heterocycles. The van der Waals surface area contributed by atoms with E-state index in [1.165, 1.54) is 0 Å². The monoisotopic (exact) mass is 413 g/mol. The second-order valence-electron chi connectivity index (χ2n) is 6.58. The molecule has 4 aromatic rings. The van der Waals surface area contributed by atoms with Gasteiger partial charge in [0.2, 0.25) is 0 Å². The molecule has 0 unspecified atom stereocenters. The molecule has 2 aromatic heterocycles. The van der Waals surface area contributed by atoms with Crippen LogP contribution in [0.5, 0.6) is 11.5 Å². The second kappa shape index (κ2) is 9.93. The van der Waals surface area contributed by atoms with Gasteiger partial charge in [-0.25, -0.2) is 9.97 Å². The van der Waals surface area contributed by atoms with Crippen LogP contribution in [0, 0.1) is 13.8 Å². The molecule has 0 spiro atoms. The number of benzene rings is 2. The summed E-state index contributed by atoms with van der Waals surface area (Å²) >= 11 is -0.655. The smallest absolute Gasteiger partial charge is 0.616 e. The zero-order valence-electron chi connectivity index (χ0n) is 17.0. The molecule has 0 aliphatic carbocycles. The number of fused-ring (bicyclic) bond motifs is 2. The van der Waals surface area contributed by atoms with E-state index in [2.05, 4.69) is 23.1 Å². The summed E-state index contributed by atoms with van der Waals surface area (Å²) in [6, 6.07) is 19.1. The minimum Gasteiger partial charge on any atom is -0.616 e. The van der Waals surface area contributed by atoms with Crippen LogP contribution in [-0.4, -0.2) is 31.0 Å². The number of phenols is 1. The number of aromatic nitrogens is 2. The largest absolute Gasteiger partial charge is 0.881 e. The van der Waals surface area contributed by atoms with Crippen LogP contribution in [0.4, 0.5) is 0 Å². The highest BCUT2D eigenvalue weighted by Crippen LogP contribution is 2.24. The first kappa shape index (κ1) is 21.4. The van der Waals surface area contributed by atoms with E-state index in [0.717, 1.165) is 33.4 Å². The maximum absolute atomic E-state index is 9.43. The zero-order chi connectivity index (χ0) is 21.5. The number of pyridine rings is 2. The number of para-hydroxylation sites is 2. The maximum Gasteiger partial charge on any atom is 0.881 e. The van der Waals surface area contributed by atoms with Crippen molar-refractivity contribution in [3.05, 3.63) is 97.0 Å². The van der Waals surface area contributed by atoms with Gasteiger partial charge in [-0.05, 0) is 44.2 Å². The van der Waals surface area contributed by atoms with Crippen LogP contribution in [0.2, 0.25) is 0 Å². The minimum atomic E-state index is -0.655. The Morgan fingerprint density at radius 2 is 1.50 bits per heavy atom. The van der Waals surface area contributed by atoms with Crippen molar-refractivity contribution in [3.63, 3.8) is 0 Å². The molecule has 4 rings (SSSR count). The molecule has 1 N–H and O–H groups in total. The average molecular weight is 413 g/mol. The Kier molecular flexibility index (Phi) is 7.08. The lowest BCUT2D eigenvalue weighted by molar-refractivity contribution is 0.391. The van der Waals surface area contributed by atoms with Crippen molar-refractivity contribution in [1.82, 2.24) is 9.97 Å². The summed E-state index contributed by atoms with van der Waals surface area (Å²) in [5.74, 6) is 1.51. The summed E-state index contributed by atoms with van der Waals surface area (Å²) in [5, 5.41) is 11.5. The number of hydrogen-bond acceptors (Lipinski definition) is 5. The van der Waals surface area contributed by atoms with E-state index >= 15 is 0 Å². The first-order chi connectivity index (χ1) is 14.5. The Morgan fingerprint density at radius 3 is 2.17 bits per heavy atom. The fraction of sp³-hybridized carbons (Fsp3) is 0.0833.